The van der Waals surface area contributed by atoms with Gasteiger partial charge in [-0.25, -0.2) is 0 Å². The molecule has 0 spiro atoms. The van der Waals surface area contributed by atoms with Crippen molar-refractivity contribution in [2.45, 2.75) is 117 Å². The lowest BCUT2D eigenvalue weighted by Gasteiger charge is -2.03. The molecule has 0 bridgehead atoms. The first-order valence-corrected chi connectivity index (χ1v) is 8.91. The van der Waals surface area contributed by atoms with Crippen molar-refractivity contribution >= 4 is 37.2 Å². The van der Waals surface area contributed by atoms with Gasteiger partial charge < -0.3 is 0 Å². The van der Waals surface area contributed by atoms with Crippen molar-refractivity contribution in [2.24, 2.45) is 0 Å². The van der Waals surface area contributed by atoms with Crippen LogP contribution in [0, 0.1) is 0 Å². The minimum Gasteiger partial charge on any atom is -0.147 e. The van der Waals surface area contributed by atoms with Crippen LogP contribution < -0.4 is 0 Å². The fourth-order valence-corrected chi connectivity index (χ4v) is 2.62. The van der Waals surface area contributed by atoms with Crippen molar-refractivity contribution in [1.29, 1.82) is 0 Å². The first-order chi connectivity index (χ1) is 8.91. The van der Waals surface area contributed by atoms with Gasteiger partial charge in [0.1, 0.15) is 0 Å². The lowest BCUT2D eigenvalue weighted by molar-refractivity contribution is 0.531. The van der Waals surface area contributed by atoms with E-state index in [1.165, 1.54) is 103 Å². The summed E-state index contributed by atoms with van der Waals surface area (Å²) < 4.78 is 0. The zero-order valence-electron chi connectivity index (χ0n) is 14.5. The van der Waals surface area contributed by atoms with E-state index in [0.717, 1.165) is 0 Å². The van der Waals surface area contributed by atoms with Crippen LogP contribution in [0.4, 0.5) is 0 Å². The Kier molecular flexibility index (Phi) is 41.1. The summed E-state index contributed by atoms with van der Waals surface area (Å²) in [5.74, 6) is 0. The largest absolute Gasteiger partial charge is 0.147 e. The van der Waals surface area contributed by atoms with Crippen LogP contribution in [0.15, 0.2) is 0 Å². The van der Waals surface area contributed by atoms with Crippen LogP contribution in [0.3, 0.4) is 0 Å². The Morgan fingerprint density at radius 1 is 0.333 bits per heavy atom. The van der Waals surface area contributed by atoms with Gasteiger partial charge in [-0.2, -0.15) is 0 Å². The van der Waals surface area contributed by atoms with Crippen molar-refractivity contribution in [1.82, 2.24) is 0 Å². The summed E-state index contributed by atoms with van der Waals surface area (Å²) in [7, 11) is 0. The van der Waals surface area contributed by atoms with E-state index in [4.69, 9.17) is 0 Å². The lowest BCUT2D eigenvalue weighted by Crippen LogP contribution is -1.83. The van der Waals surface area contributed by atoms with Gasteiger partial charge in [0.25, 0.3) is 0 Å². The van der Waals surface area contributed by atoms with Crippen molar-refractivity contribution in [3.05, 3.63) is 0 Å². The van der Waals surface area contributed by atoms with E-state index in [-0.39, 0.29) is 38.6 Å². The molecule has 136 valence electrons. The molecule has 0 N–H and O–H groups in total. The van der Waals surface area contributed by atoms with Crippen molar-refractivity contribution in [2.75, 3.05) is 0 Å². The molecule has 0 aromatic heterocycles. The summed E-state index contributed by atoms with van der Waals surface area (Å²) in [5.41, 5.74) is 0. The quantitative estimate of drug-likeness (QED) is 0.254. The highest BCUT2D eigenvalue weighted by atomic mass is 35.5. The Balaban J connectivity index is -0.000000241. The molecular formula is C18H43Cl3. The van der Waals surface area contributed by atoms with Gasteiger partial charge in [-0.1, -0.05) is 117 Å². The third kappa shape index (κ3) is 29.5. The zero-order chi connectivity index (χ0) is 13.3. The summed E-state index contributed by atoms with van der Waals surface area (Å²) in [5, 5.41) is 0. The lowest BCUT2D eigenvalue weighted by atomic mass is 10.0. The topological polar surface area (TPSA) is 0 Å². The maximum Gasteiger partial charge on any atom is 0 e. The summed E-state index contributed by atoms with van der Waals surface area (Å²) in [6.07, 6.45) is 23.4. The van der Waals surface area contributed by atoms with Crippen LogP contribution in [-0.2, 0) is 0 Å². The Morgan fingerprint density at radius 2 is 0.476 bits per heavy atom. The van der Waals surface area contributed by atoms with Gasteiger partial charge in [0.05, 0.1) is 0 Å². The van der Waals surface area contributed by atoms with Crippen molar-refractivity contribution in [3.63, 3.8) is 0 Å². The van der Waals surface area contributed by atoms with Crippen LogP contribution in [0.1, 0.15) is 118 Å². The van der Waals surface area contributed by atoms with E-state index in [2.05, 4.69) is 13.8 Å². The summed E-state index contributed by atoms with van der Waals surface area (Å²) in [4.78, 5) is 0. The van der Waals surface area contributed by atoms with Gasteiger partial charge in [-0.15, -0.1) is 37.2 Å². The number of rotatable bonds is 15. The van der Waals surface area contributed by atoms with Gasteiger partial charge in [0.15, 0.2) is 0 Å². The van der Waals surface area contributed by atoms with E-state index in [1.807, 2.05) is 0 Å². The average Bonchev–Trinajstić information content (AvgIpc) is 2.39. The van der Waals surface area contributed by atoms with Gasteiger partial charge in [0, 0.05) is 1.43 Å². The molecule has 0 fully saturated rings. The fraction of sp³-hybridized carbons (Fsp3) is 1.00. The third-order valence-electron chi connectivity index (χ3n) is 3.96. The Bertz CT molecular complexity index is 130. The highest BCUT2D eigenvalue weighted by molar-refractivity contribution is 5.86. The molecule has 0 aromatic rings. The van der Waals surface area contributed by atoms with Crippen LogP contribution in [-0.4, -0.2) is 0 Å². The molecule has 0 aliphatic carbocycles. The van der Waals surface area contributed by atoms with E-state index >= 15 is 0 Å². The molecule has 0 aromatic carbocycles. The molecule has 0 rings (SSSR count). The molecule has 0 atom stereocenters. The van der Waals surface area contributed by atoms with E-state index in [0.29, 0.717) is 0 Å². The molecule has 0 nitrogen and oxygen atoms in total. The molecule has 0 amide bonds. The maximum atomic E-state index is 2.29. The van der Waals surface area contributed by atoms with Crippen molar-refractivity contribution in [3.8, 4) is 0 Å². The molecule has 0 radical (unpaired) electrons. The Labute approximate surface area is 155 Å². The van der Waals surface area contributed by atoms with Gasteiger partial charge >= 0.3 is 0 Å². The van der Waals surface area contributed by atoms with Crippen LogP contribution >= 0.6 is 37.2 Å². The second-order valence-electron chi connectivity index (χ2n) is 5.95. The van der Waals surface area contributed by atoms with Crippen LogP contribution in [0.25, 0.3) is 0 Å². The Hall–Kier alpha value is 0.870. The van der Waals surface area contributed by atoms with Gasteiger partial charge in [-0.3, -0.25) is 0 Å². The predicted molar refractivity (Wildman–Crippen MR) is 109 cm³/mol. The van der Waals surface area contributed by atoms with Crippen LogP contribution in [0.5, 0.6) is 0 Å². The number of hydrogen-bond donors (Lipinski definition) is 0. The minimum atomic E-state index is 0. The molecule has 21 heavy (non-hydrogen) atoms. The fourth-order valence-electron chi connectivity index (χ4n) is 2.62. The van der Waals surface area contributed by atoms with Gasteiger partial charge in [0.2, 0.25) is 0 Å². The SMILES string of the molecule is CCCCCCCCCCCCCCCCCC.Cl.Cl.Cl.[HH]. The van der Waals surface area contributed by atoms with Gasteiger partial charge in [-0.05, 0) is 0 Å². The molecule has 0 heterocycles. The molecule has 0 aliphatic rings. The van der Waals surface area contributed by atoms with E-state index in [1.54, 1.807) is 0 Å². The second kappa shape index (κ2) is 29.0. The van der Waals surface area contributed by atoms with Crippen LogP contribution in [0.2, 0.25) is 0 Å². The summed E-state index contributed by atoms with van der Waals surface area (Å²) >= 11 is 0. The average molecular weight is 366 g/mol. The minimum absolute atomic E-state index is 0. The highest BCUT2D eigenvalue weighted by Gasteiger charge is 1.93. The van der Waals surface area contributed by atoms with Crippen molar-refractivity contribution < 1.29 is 1.43 Å². The molecule has 3 heteroatoms. The predicted octanol–water partition coefficient (Wildman–Crippen LogP) is 8.78. The van der Waals surface area contributed by atoms with E-state index < -0.39 is 0 Å². The highest BCUT2D eigenvalue weighted by Crippen LogP contribution is 2.13. The normalized spacial score (nSPS) is 9.43. The van der Waals surface area contributed by atoms with E-state index in [9.17, 15) is 0 Å². The zero-order valence-corrected chi connectivity index (χ0v) is 17.0. The number of hydrogen-bond acceptors (Lipinski definition) is 0. The monoisotopic (exact) mass is 364 g/mol. The molecular weight excluding hydrogens is 323 g/mol. The Morgan fingerprint density at radius 3 is 0.619 bits per heavy atom. The standard InChI is InChI=1S/C18H38.3ClH.H2/c1-3-5-7-9-11-13-15-17-18-16-14-12-10-8-6-4-2;;;;/h3-18H2,1-2H3;4*1H. The smallest absolute Gasteiger partial charge is 0 e. The first kappa shape index (κ1) is 29.8. The maximum absolute atomic E-state index is 2.29. The first-order valence-electron chi connectivity index (χ1n) is 8.91. The number of unbranched alkanes of at least 4 members (excludes halogenated alkanes) is 15. The second-order valence-corrected chi connectivity index (χ2v) is 5.95. The third-order valence-corrected chi connectivity index (χ3v) is 3.96. The molecule has 0 saturated heterocycles. The molecule has 0 aliphatic heterocycles. The number of halogens is 3. The summed E-state index contributed by atoms with van der Waals surface area (Å²) in [6.45, 7) is 4.59. The summed E-state index contributed by atoms with van der Waals surface area (Å²) in [6, 6.07) is 0. The molecule has 0 unspecified atom stereocenters. The molecule has 0 saturated carbocycles.